The van der Waals surface area contributed by atoms with Crippen molar-refractivity contribution < 1.29 is 18.6 Å². The Morgan fingerprint density at radius 2 is 2.10 bits per heavy atom. The Kier molecular flexibility index (Phi) is 6.08. The largest absolute Gasteiger partial charge is 0.432 e. The molecule has 0 spiro atoms. The van der Waals surface area contributed by atoms with Crippen molar-refractivity contribution in [2.24, 2.45) is 5.41 Å². The smallest absolute Gasteiger partial charge is 0.394 e. The summed E-state index contributed by atoms with van der Waals surface area (Å²) in [7, 11) is 0. The lowest BCUT2D eigenvalue weighted by molar-refractivity contribution is -0.159. The molecule has 1 heterocycles. The summed E-state index contributed by atoms with van der Waals surface area (Å²) in [5.74, 6) is 0.836. The lowest BCUT2D eigenvalue weighted by Crippen LogP contribution is -2.57. The number of hydrogen-bond acceptors (Lipinski definition) is 7. The first-order valence-electron chi connectivity index (χ1n) is 9.70. The second-order valence-electron chi connectivity index (χ2n) is 8.03. The maximum Gasteiger partial charge on any atom is 0.394 e. The molecule has 0 unspecified atom stereocenters. The SMILES string of the molecule is CC(F)(F)Oc1ccccc1CCNc1ncc(C#N)c(N[C@@H]2C[C@H](O)C2(C)C)n1. The van der Waals surface area contributed by atoms with Crippen molar-refractivity contribution in [2.75, 3.05) is 17.2 Å². The van der Waals surface area contributed by atoms with Gasteiger partial charge in [0.1, 0.15) is 23.2 Å². The normalized spacial score (nSPS) is 20.0. The van der Waals surface area contributed by atoms with Crippen LogP contribution in [0.25, 0.3) is 0 Å². The van der Waals surface area contributed by atoms with Gasteiger partial charge in [0.15, 0.2) is 0 Å². The van der Waals surface area contributed by atoms with Crippen molar-refractivity contribution in [2.45, 2.75) is 51.9 Å². The summed E-state index contributed by atoms with van der Waals surface area (Å²) in [6, 6.07) is 8.66. The van der Waals surface area contributed by atoms with Gasteiger partial charge in [-0.3, -0.25) is 0 Å². The van der Waals surface area contributed by atoms with E-state index in [0.29, 0.717) is 49.2 Å². The number of halogens is 2. The molecule has 0 saturated heterocycles. The maximum absolute atomic E-state index is 13.2. The third kappa shape index (κ3) is 4.94. The highest BCUT2D eigenvalue weighted by molar-refractivity contribution is 5.54. The molecule has 30 heavy (non-hydrogen) atoms. The van der Waals surface area contributed by atoms with E-state index in [0.717, 1.165) is 0 Å². The van der Waals surface area contributed by atoms with Crippen molar-refractivity contribution >= 4 is 11.8 Å². The number of nitriles is 1. The molecular formula is C21H25F2N5O2. The minimum atomic E-state index is -3.26. The average Bonchev–Trinajstić information content (AvgIpc) is 2.68. The summed E-state index contributed by atoms with van der Waals surface area (Å²) in [6.07, 6.45) is -1.25. The number of ether oxygens (including phenoxy) is 1. The molecule has 9 heteroatoms. The van der Waals surface area contributed by atoms with Crippen molar-refractivity contribution in [3.05, 3.63) is 41.6 Å². The summed E-state index contributed by atoms with van der Waals surface area (Å²) < 4.78 is 31.1. The van der Waals surface area contributed by atoms with Gasteiger partial charge in [0.25, 0.3) is 0 Å². The van der Waals surface area contributed by atoms with Crippen LogP contribution in [0.1, 0.15) is 38.3 Å². The molecule has 1 aromatic heterocycles. The first kappa shape index (κ1) is 21.7. The fraction of sp³-hybridized carbons (Fsp3) is 0.476. The molecule has 2 aromatic rings. The van der Waals surface area contributed by atoms with E-state index in [2.05, 4.69) is 26.7 Å². The first-order chi connectivity index (χ1) is 14.1. The minimum absolute atomic E-state index is 0.0120. The molecule has 2 atom stereocenters. The highest BCUT2D eigenvalue weighted by Crippen LogP contribution is 2.42. The fourth-order valence-electron chi connectivity index (χ4n) is 3.28. The van der Waals surface area contributed by atoms with Crippen LogP contribution in [-0.4, -0.2) is 39.9 Å². The highest BCUT2D eigenvalue weighted by atomic mass is 19.3. The summed E-state index contributed by atoms with van der Waals surface area (Å²) in [5, 5.41) is 25.5. The fourth-order valence-corrected chi connectivity index (χ4v) is 3.28. The predicted molar refractivity (Wildman–Crippen MR) is 108 cm³/mol. The first-order valence-corrected chi connectivity index (χ1v) is 9.70. The molecule has 7 nitrogen and oxygen atoms in total. The Bertz CT molecular complexity index is 940. The van der Waals surface area contributed by atoms with Crippen molar-refractivity contribution in [3.8, 4) is 11.8 Å². The molecule has 1 aliphatic carbocycles. The quantitative estimate of drug-likeness (QED) is 0.603. The van der Waals surface area contributed by atoms with Crippen LogP contribution < -0.4 is 15.4 Å². The minimum Gasteiger partial charge on any atom is -0.432 e. The Morgan fingerprint density at radius 1 is 1.37 bits per heavy atom. The topological polar surface area (TPSA) is 103 Å². The Morgan fingerprint density at radius 3 is 2.73 bits per heavy atom. The third-order valence-electron chi connectivity index (χ3n) is 5.38. The number of hydrogen-bond donors (Lipinski definition) is 3. The number of anilines is 2. The van der Waals surface area contributed by atoms with Crippen LogP contribution in [0.5, 0.6) is 5.75 Å². The van der Waals surface area contributed by atoms with E-state index < -0.39 is 12.2 Å². The van der Waals surface area contributed by atoms with Gasteiger partial charge in [-0.15, -0.1) is 0 Å². The van der Waals surface area contributed by atoms with Gasteiger partial charge in [0.05, 0.1) is 12.3 Å². The molecule has 0 bridgehead atoms. The zero-order valence-electron chi connectivity index (χ0n) is 17.1. The van der Waals surface area contributed by atoms with Crippen LogP contribution in [0.15, 0.2) is 30.5 Å². The van der Waals surface area contributed by atoms with E-state index >= 15 is 0 Å². The van der Waals surface area contributed by atoms with Gasteiger partial charge in [-0.1, -0.05) is 32.0 Å². The zero-order valence-corrected chi connectivity index (χ0v) is 17.1. The number of aromatic nitrogens is 2. The third-order valence-corrected chi connectivity index (χ3v) is 5.38. The molecule has 1 fully saturated rings. The van der Waals surface area contributed by atoms with Gasteiger partial charge in [-0.2, -0.15) is 19.0 Å². The number of benzene rings is 1. The number of nitrogens with one attached hydrogen (secondary N) is 2. The number of para-hydroxylation sites is 1. The molecule has 3 rings (SSSR count). The van der Waals surface area contributed by atoms with E-state index in [9.17, 15) is 19.1 Å². The lowest BCUT2D eigenvalue weighted by atomic mass is 9.64. The van der Waals surface area contributed by atoms with E-state index in [4.69, 9.17) is 4.74 Å². The molecule has 0 radical (unpaired) electrons. The van der Waals surface area contributed by atoms with Gasteiger partial charge in [-0.05, 0) is 24.5 Å². The second kappa shape index (κ2) is 8.40. The molecule has 0 aliphatic heterocycles. The Labute approximate surface area is 174 Å². The Hall–Kier alpha value is -2.99. The number of rotatable bonds is 8. The number of alkyl halides is 2. The van der Waals surface area contributed by atoms with Crippen molar-refractivity contribution in [1.82, 2.24) is 9.97 Å². The summed E-state index contributed by atoms with van der Waals surface area (Å²) in [6.45, 7) is 4.98. The summed E-state index contributed by atoms with van der Waals surface area (Å²) >= 11 is 0. The molecule has 3 N–H and O–H groups in total. The van der Waals surface area contributed by atoms with Crippen molar-refractivity contribution in [3.63, 3.8) is 0 Å². The zero-order chi connectivity index (χ0) is 21.9. The van der Waals surface area contributed by atoms with E-state index in [1.807, 2.05) is 13.8 Å². The molecule has 0 amide bonds. The van der Waals surface area contributed by atoms with Crippen LogP contribution >= 0.6 is 0 Å². The van der Waals surface area contributed by atoms with Crippen LogP contribution in [0.4, 0.5) is 20.5 Å². The second-order valence-corrected chi connectivity index (χ2v) is 8.03. The van der Waals surface area contributed by atoms with Gasteiger partial charge in [-0.25, -0.2) is 4.98 Å². The molecule has 1 aromatic carbocycles. The van der Waals surface area contributed by atoms with Crippen LogP contribution in [0, 0.1) is 16.7 Å². The number of aliphatic hydroxyl groups is 1. The molecule has 160 valence electrons. The van der Waals surface area contributed by atoms with Gasteiger partial charge >= 0.3 is 6.11 Å². The Balaban J connectivity index is 1.65. The van der Waals surface area contributed by atoms with Crippen molar-refractivity contribution in [1.29, 1.82) is 5.26 Å². The van der Waals surface area contributed by atoms with Gasteiger partial charge in [0, 0.05) is 24.9 Å². The van der Waals surface area contributed by atoms with E-state index in [1.165, 1.54) is 12.3 Å². The van der Waals surface area contributed by atoms with Crippen LogP contribution in [0.2, 0.25) is 0 Å². The monoisotopic (exact) mass is 417 g/mol. The summed E-state index contributed by atoms with van der Waals surface area (Å²) in [4.78, 5) is 8.52. The van der Waals surface area contributed by atoms with Gasteiger partial charge in [0.2, 0.25) is 5.95 Å². The lowest BCUT2D eigenvalue weighted by Gasteiger charge is -2.49. The number of aliphatic hydroxyl groups excluding tert-OH is 1. The highest BCUT2D eigenvalue weighted by Gasteiger charge is 2.47. The molecule has 1 saturated carbocycles. The van der Waals surface area contributed by atoms with Gasteiger partial charge < -0.3 is 20.5 Å². The predicted octanol–water partition coefficient (Wildman–Crippen LogP) is 3.57. The van der Waals surface area contributed by atoms with Crippen LogP contribution in [-0.2, 0) is 6.42 Å². The molecule has 1 aliphatic rings. The standard InChI is InChI=1S/C21H25F2N5O2/c1-20(2)16(10-17(20)29)27-18-14(11-24)12-26-19(28-18)25-9-8-13-6-4-5-7-15(13)30-21(3,22)23/h4-7,12,16-17,29H,8-10H2,1-3H3,(H2,25,26,27,28)/t16-,17+/m1/s1. The molecular weight excluding hydrogens is 392 g/mol. The summed E-state index contributed by atoms with van der Waals surface area (Å²) in [5.41, 5.74) is 0.612. The van der Waals surface area contributed by atoms with E-state index in [1.54, 1.807) is 18.2 Å². The maximum atomic E-state index is 13.2. The van der Waals surface area contributed by atoms with E-state index in [-0.39, 0.29) is 17.2 Å². The number of nitrogens with zero attached hydrogens (tertiary/aromatic N) is 3. The van der Waals surface area contributed by atoms with Crippen LogP contribution in [0.3, 0.4) is 0 Å². The average molecular weight is 417 g/mol.